The number of carbonyl (C=O) groups is 1. The SMILES string of the molecule is CCOCCCNC(=O)c1cc(O)ccc1Cl. The van der Waals surface area contributed by atoms with Crippen LogP contribution in [0.1, 0.15) is 23.7 Å². The number of amides is 1. The molecule has 2 N–H and O–H groups in total. The second-order valence-corrected chi connectivity index (χ2v) is 3.88. The van der Waals surface area contributed by atoms with Crippen LogP contribution in [-0.4, -0.2) is 30.8 Å². The molecule has 1 aromatic carbocycles. The molecule has 0 bridgehead atoms. The van der Waals surface area contributed by atoms with Crippen LogP contribution < -0.4 is 5.32 Å². The number of halogens is 1. The van der Waals surface area contributed by atoms with Crippen molar-refractivity contribution < 1.29 is 14.6 Å². The van der Waals surface area contributed by atoms with Gasteiger partial charge in [-0.25, -0.2) is 0 Å². The molecule has 0 aliphatic carbocycles. The molecule has 94 valence electrons. The summed E-state index contributed by atoms with van der Waals surface area (Å²) in [6, 6.07) is 4.28. The number of phenols is 1. The van der Waals surface area contributed by atoms with Crippen molar-refractivity contribution in [2.24, 2.45) is 0 Å². The van der Waals surface area contributed by atoms with Crippen LogP contribution in [0.2, 0.25) is 5.02 Å². The summed E-state index contributed by atoms with van der Waals surface area (Å²) in [6.07, 6.45) is 0.746. The minimum atomic E-state index is -0.289. The van der Waals surface area contributed by atoms with E-state index in [4.69, 9.17) is 16.3 Å². The highest BCUT2D eigenvalue weighted by Crippen LogP contribution is 2.20. The quantitative estimate of drug-likeness (QED) is 0.768. The van der Waals surface area contributed by atoms with E-state index in [2.05, 4.69) is 5.32 Å². The number of hydrogen-bond acceptors (Lipinski definition) is 3. The van der Waals surface area contributed by atoms with Crippen molar-refractivity contribution in [1.29, 1.82) is 0 Å². The highest BCUT2D eigenvalue weighted by atomic mass is 35.5. The Bertz CT molecular complexity index is 382. The van der Waals surface area contributed by atoms with E-state index in [0.29, 0.717) is 24.8 Å². The first-order valence-corrected chi connectivity index (χ1v) is 5.87. The lowest BCUT2D eigenvalue weighted by Gasteiger charge is -2.07. The van der Waals surface area contributed by atoms with E-state index in [1.165, 1.54) is 18.2 Å². The van der Waals surface area contributed by atoms with E-state index < -0.39 is 0 Å². The summed E-state index contributed by atoms with van der Waals surface area (Å²) in [4.78, 5) is 11.7. The second-order valence-electron chi connectivity index (χ2n) is 3.47. The molecule has 17 heavy (non-hydrogen) atoms. The summed E-state index contributed by atoms with van der Waals surface area (Å²) >= 11 is 5.86. The summed E-state index contributed by atoms with van der Waals surface area (Å²) in [5.41, 5.74) is 0.281. The Morgan fingerprint density at radius 2 is 2.29 bits per heavy atom. The highest BCUT2D eigenvalue weighted by Gasteiger charge is 2.10. The average molecular weight is 258 g/mol. The van der Waals surface area contributed by atoms with Crippen LogP contribution in [0.15, 0.2) is 18.2 Å². The summed E-state index contributed by atoms with van der Waals surface area (Å²) < 4.78 is 5.15. The van der Waals surface area contributed by atoms with Crippen molar-refractivity contribution in [3.63, 3.8) is 0 Å². The van der Waals surface area contributed by atoms with Crippen molar-refractivity contribution in [1.82, 2.24) is 5.32 Å². The minimum Gasteiger partial charge on any atom is -0.508 e. The third kappa shape index (κ3) is 4.63. The van der Waals surface area contributed by atoms with Crippen LogP contribution >= 0.6 is 11.6 Å². The highest BCUT2D eigenvalue weighted by molar-refractivity contribution is 6.33. The van der Waals surface area contributed by atoms with Gasteiger partial charge in [-0.05, 0) is 31.5 Å². The number of rotatable bonds is 6. The molecule has 0 heterocycles. The van der Waals surface area contributed by atoms with Gasteiger partial charge in [-0.1, -0.05) is 11.6 Å². The Kier molecular flexibility index (Phi) is 5.80. The molecule has 0 fully saturated rings. The zero-order valence-electron chi connectivity index (χ0n) is 9.70. The van der Waals surface area contributed by atoms with Gasteiger partial charge < -0.3 is 15.2 Å². The first-order valence-electron chi connectivity index (χ1n) is 5.49. The maximum Gasteiger partial charge on any atom is 0.252 e. The maximum absolute atomic E-state index is 11.7. The van der Waals surface area contributed by atoms with Gasteiger partial charge >= 0.3 is 0 Å². The van der Waals surface area contributed by atoms with Crippen LogP contribution in [0, 0.1) is 0 Å². The first-order chi connectivity index (χ1) is 8.15. The van der Waals surface area contributed by atoms with E-state index >= 15 is 0 Å². The number of aromatic hydroxyl groups is 1. The molecule has 1 aromatic rings. The molecule has 0 aliphatic heterocycles. The zero-order valence-corrected chi connectivity index (χ0v) is 10.5. The molecule has 0 atom stereocenters. The van der Waals surface area contributed by atoms with Crippen molar-refractivity contribution >= 4 is 17.5 Å². The third-order valence-electron chi connectivity index (χ3n) is 2.15. The first kappa shape index (κ1) is 13.8. The molecule has 4 nitrogen and oxygen atoms in total. The monoisotopic (exact) mass is 257 g/mol. The summed E-state index contributed by atoms with van der Waals surface area (Å²) in [7, 11) is 0. The van der Waals surface area contributed by atoms with E-state index in [-0.39, 0.29) is 17.2 Å². The molecule has 0 aliphatic rings. The molecule has 0 unspecified atom stereocenters. The molecule has 5 heteroatoms. The van der Waals surface area contributed by atoms with Crippen molar-refractivity contribution in [2.45, 2.75) is 13.3 Å². The minimum absolute atomic E-state index is 0.0221. The number of ether oxygens (including phenoxy) is 1. The molecule has 0 radical (unpaired) electrons. The van der Waals surface area contributed by atoms with Gasteiger partial charge in [0.15, 0.2) is 0 Å². The topological polar surface area (TPSA) is 58.6 Å². The van der Waals surface area contributed by atoms with Crippen LogP contribution in [0.25, 0.3) is 0 Å². The predicted molar refractivity (Wildman–Crippen MR) is 66.6 cm³/mol. The Balaban J connectivity index is 2.44. The average Bonchev–Trinajstić information content (AvgIpc) is 2.32. The smallest absolute Gasteiger partial charge is 0.252 e. The molecule has 1 amide bonds. The van der Waals surface area contributed by atoms with Gasteiger partial charge in [0.1, 0.15) is 5.75 Å². The van der Waals surface area contributed by atoms with Gasteiger partial charge in [0, 0.05) is 19.8 Å². The van der Waals surface area contributed by atoms with Gasteiger partial charge in [-0.2, -0.15) is 0 Å². The molecular formula is C12H16ClNO3. The maximum atomic E-state index is 11.7. The normalized spacial score (nSPS) is 10.2. The molecule has 0 saturated carbocycles. The molecule has 1 rings (SSSR count). The summed E-state index contributed by atoms with van der Waals surface area (Å²) in [6.45, 7) is 3.73. The van der Waals surface area contributed by atoms with Gasteiger partial charge in [0.25, 0.3) is 5.91 Å². The lowest BCUT2D eigenvalue weighted by molar-refractivity contribution is 0.0944. The Hall–Kier alpha value is -1.26. The van der Waals surface area contributed by atoms with Gasteiger partial charge in [0.2, 0.25) is 0 Å². The zero-order chi connectivity index (χ0) is 12.7. The Morgan fingerprint density at radius 1 is 1.53 bits per heavy atom. The predicted octanol–water partition coefficient (Wildman–Crippen LogP) is 2.20. The Morgan fingerprint density at radius 3 is 3.00 bits per heavy atom. The van der Waals surface area contributed by atoms with Gasteiger partial charge in [0.05, 0.1) is 10.6 Å². The van der Waals surface area contributed by atoms with Gasteiger partial charge in [-0.3, -0.25) is 4.79 Å². The fourth-order valence-corrected chi connectivity index (χ4v) is 1.51. The van der Waals surface area contributed by atoms with E-state index in [9.17, 15) is 9.90 Å². The standard InChI is InChI=1S/C12H16ClNO3/c1-2-17-7-3-6-14-12(16)10-8-9(15)4-5-11(10)13/h4-5,8,15H,2-3,6-7H2,1H3,(H,14,16). The number of phenolic OH excluding ortho intramolecular Hbond substituents is 1. The number of hydrogen-bond donors (Lipinski definition) is 2. The fourth-order valence-electron chi connectivity index (χ4n) is 1.30. The fraction of sp³-hybridized carbons (Fsp3) is 0.417. The molecule has 0 spiro atoms. The molecule has 0 saturated heterocycles. The second kappa shape index (κ2) is 7.14. The van der Waals surface area contributed by atoms with E-state index in [1.807, 2.05) is 6.92 Å². The van der Waals surface area contributed by atoms with Gasteiger partial charge in [-0.15, -0.1) is 0 Å². The van der Waals surface area contributed by atoms with E-state index in [1.54, 1.807) is 0 Å². The van der Waals surface area contributed by atoms with Crippen LogP contribution in [0.3, 0.4) is 0 Å². The van der Waals surface area contributed by atoms with Crippen molar-refractivity contribution in [3.8, 4) is 5.75 Å². The summed E-state index contributed by atoms with van der Waals surface area (Å²) in [5, 5.41) is 12.3. The largest absolute Gasteiger partial charge is 0.508 e. The van der Waals surface area contributed by atoms with Crippen LogP contribution in [0.4, 0.5) is 0 Å². The number of nitrogens with one attached hydrogen (secondary N) is 1. The number of benzene rings is 1. The lowest BCUT2D eigenvalue weighted by Crippen LogP contribution is -2.25. The third-order valence-corrected chi connectivity index (χ3v) is 2.48. The lowest BCUT2D eigenvalue weighted by atomic mass is 10.2. The van der Waals surface area contributed by atoms with Crippen molar-refractivity contribution in [2.75, 3.05) is 19.8 Å². The molecule has 0 aromatic heterocycles. The van der Waals surface area contributed by atoms with Crippen LogP contribution in [0.5, 0.6) is 5.75 Å². The Labute approximate surface area is 106 Å². The molecular weight excluding hydrogens is 242 g/mol. The summed E-state index contributed by atoms with van der Waals surface area (Å²) in [5.74, 6) is -0.267. The van der Waals surface area contributed by atoms with Crippen molar-refractivity contribution in [3.05, 3.63) is 28.8 Å². The van der Waals surface area contributed by atoms with Crippen LogP contribution in [-0.2, 0) is 4.74 Å². The number of carbonyl (C=O) groups excluding carboxylic acids is 1. The van der Waals surface area contributed by atoms with E-state index in [0.717, 1.165) is 6.42 Å².